The molecule has 1 saturated heterocycles. The SMILES string of the molecule is N#CCc1cccc(C(=O)N2C[C@H](O)C[C@H]2c2ccc(F)cc2)c1. The molecule has 5 heteroatoms. The van der Waals surface area contributed by atoms with Crippen LogP contribution in [-0.2, 0) is 6.42 Å². The van der Waals surface area contributed by atoms with Gasteiger partial charge in [-0.1, -0.05) is 24.3 Å². The summed E-state index contributed by atoms with van der Waals surface area (Å²) >= 11 is 0. The van der Waals surface area contributed by atoms with E-state index in [1.807, 2.05) is 0 Å². The maximum absolute atomic E-state index is 13.1. The fourth-order valence-corrected chi connectivity index (χ4v) is 3.11. The second-order valence-corrected chi connectivity index (χ2v) is 5.95. The van der Waals surface area contributed by atoms with Crippen LogP contribution >= 0.6 is 0 Å². The molecule has 122 valence electrons. The van der Waals surface area contributed by atoms with E-state index in [9.17, 15) is 14.3 Å². The summed E-state index contributed by atoms with van der Waals surface area (Å²) in [5.41, 5.74) is 2.07. The van der Waals surface area contributed by atoms with Gasteiger partial charge in [-0.15, -0.1) is 0 Å². The Hall–Kier alpha value is -2.71. The van der Waals surface area contributed by atoms with Crippen LogP contribution in [-0.4, -0.2) is 28.6 Å². The standard InChI is InChI=1S/C19H17FN2O2/c20-16-6-4-14(5-7-16)18-11-17(23)12-22(18)19(24)15-3-1-2-13(10-15)8-9-21/h1-7,10,17-18,23H,8,11-12H2/t17-,18+/m1/s1. The molecule has 3 rings (SSSR count). The van der Waals surface area contributed by atoms with E-state index in [1.165, 1.54) is 12.1 Å². The van der Waals surface area contributed by atoms with Crippen LogP contribution in [0.25, 0.3) is 0 Å². The van der Waals surface area contributed by atoms with Crippen LogP contribution in [0.4, 0.5) is 4.39 Å². The predicted molar refractivity (Wildman–Crippen MR) is 86.6 cm³/mol. The van der Waals surface area contributed by atoms with E-state index >= 15 is 0 Å². The van der Waals surface area contributed by atoms with Crippen molar-refractivity contribution in [3.8, 4) is 6.07 Å². The fourth-order valence-electron chi connectivity index (χ4n) is 3.11. The number of nitriles is 1. The lowest BCUT2D eigenvalue weighted by Gasteiger charge is -2.25. The van der Waals surface area contributed by atoms with E-state index in [-0.39, 0.29) is 30.7 Å². The minimum atomic E-state index is -0.605. The summed E-state index contributed by atoms with van der Waals surface area (Å²) in [6, 6.07) is 14.7. The first kappa shape index (κ1) is 16.2. The van der Waals surface area contributed by atoms with Gasteiger partial charge in [0, 0.05) is 12.1 Å². The van der Waals surface area contributed by atoms with Crippen molar-refractivity contribution >= 4 is 5.91 Å². The molecule has 0 saturated carbocycles. The molecule has 0 unspecified atom stereocenters. The summed E-state index contributed by atoms with van der Waals surface area (Å²) in [5, 5.41) is 18.8. The highest BCUT2D eigenvalue weighted by Crippen LogP contribution is 2.33. The van der Waals surface area contributed by atoms with E-state index in [4.69, 9.17) is 5.26 Å². The van der Waals surface area contributed by atoms with Gasteiger partial charge in [-0.05, 0) is 41.8 Å². The number of nitrogens with zero attached hydrogens (tertiary/aromatic N) is 2. The van der Waals surface area contributed by atoms with Crippen molar-refractivity contribution in [2.75, 3.05) is 6.54 Å². The molecular formula is C19H17FN2O2. The number of hydrogen-bond donors (Lipinski definition) is 1. The smallest absolute Gasteiger partial charge is 0.254 e. The Balaban J connectivity index is 1.88. The average Bonchev–Trinajstić information content (AvgIpc) is 2.97. The molecule has 1 amide bonds. The molecule has 4 nitrogen and oxygen atoms in total. The van der Waals surface area contributed by atoms with Gasteiger partial charge in [0.05, 0.1) is 24.6 Å². The minimum Gasteiger partial charge on any atom is -0.391 e. The molecule has 1 heterocycles. The average molecular weight is 324 g/mol. The molecule has 2 aromatic carbocycles. The third kappa shape index (κ3) is 3.29. The molecule has 1 N–H and O–H groups in total. The molecule has 0 aliphatic carbocycles. The highest BCUT2D eigenvalue weighted by molar-refractivity contribution is 5.95. The molecule has 0 bridgehead atoms. The molecule has 2 aromatic rings. The normalized spacial score (nSPS) is 20.0. The van der Waals surface area contributed by atoms with Crippen molar-refractivity contribution in [1.82, 2.24) is 4.90 Å². The maximum Gasteiger partial charge on any atom is 0.254 e. The number of hydrogen-bond acceptors (Lipinski definition) is 3. The number of rotatable bonds is 3. The lowest BCUT2D eigenvalue weighted by atomic mass is 10.0. The number of carbonyl (C=O) groups excluding carboxylic acids is 1. The summed E-state index contributed by atoms with van der Waals surface area (Å²) in [6.45, 7) is 0.239. The van der Waals surface area contributed by atoms with E-state index in [1.54, 1.807) is 41.3 Å². The van der Waals surface area contributed by atoms with Gasteiger partial charge >= 0.3 is 0 Å². The van der Waals surface area contributed by atoms with Gasteiger partial charge in [0.15, 0.2) is 0 Å². The maximum atomic E-state index is 13.1. The topological polar surface area (TPSA) is 64.3 Å². The lowest BCUT2D eigenvalue weighted by molar-refractivity contribution is 0.0715. The molecule has 24 heavy (non-hydrogen) atoms. The second-order valence-electron chi connectivity index (χ2n) is 5.95. The minimum absolute atomic E-state index is 0.194. The zero-order chi connectivity index (χ0) is 17.1. The van der Waals surface area contributed by atoms with Crippen LogP contribution < -0.4 is 0 Å². The molecule has 0 aromatic heterocycles. The van der Waals surface area contributed by atoms with Gasteiger partial charge in [0.25, 0.3) is 5.91 Å². The molecular weight excluding hydrogens is 307 g/mol. The Morgan fingerprint density at radius 3 is 2.75 bits per heavy atom. The highest BCUT2D eigenvalue weighted by Gasteiger charge is 2.35. The Morgan fingerprint density at radius 1 is 1.29 bits per heavy atom. The van der Waals surface area contributed by atoms with Crippen molar-refractivity contribution in [3.05, 3.63) is 71.0 Å². The van der Waals surface area contributed by atoms with Crippen molar-refractivity contribution in [2.24, 2.45) is 0 Å². The Labute approximate surface area is 139 Å². The predicted octanol–water partition coefficient (Wildman–Crippen LogP) is 2.84. The van der Waals surface area contributed by atoms with Crippen molar-refractivity contribution in [2.45, 2.75) is 25.0 Å². The number of aliphatic hydroxyl groups excluding tert-OH is 1. The summed E-state index contributed by atoms with van der Waals surface area (Å²) in [5.74, 6) is -0.528. The number of carbonyl (C=O) groups is 1. The van der Waals surface area contributed by atoms with Crippen LogP contribution in [0, 0.1) is 17.1 Å². The number of likely N-dealkylation sites (tertiary alicyclic amines) is 1. The zero-order valence-electron chi connectivity index (χ0n) is 13.0. The van der Waals surface area contributed by atoms with E-state index < -0.39 is 6.10 Å². The first-order chi connectivity index (χ1) is 11.6. The summed E-state index contributed by atoms with van der Waals surface area (Å²) < 4.78 is 13.1. The van der Waals surface area contributed by atoms with Gasteiger partial charge in [-0.2, -0.15) is 5.26 Å². The molecule has 1 aliphatic heterocycles. The van der Waals surface area contributed by atoms with E-state index in [2.05, 4.69) is 6.07 Å². The highest BCUT2D eigenvalue weighted by atomic mass is 19.1. The lowest BCUT2D eigenvalue weighted by Crippen LogP contribution is -2.31. The first-order valence-corrected chi connectivity index (χ1v) is 7.79. The molecule has 1 fully saturated rings. The van der Waals surface area contributed by atoms with E-state index in [0.29, 0.717) is 12.0 Å². The van der Waals surface area contributed by atoms with Gasteiger partial charge in [0.1, 0.15) is 5.82 Å². The fraction of sp³-hybridized carbons (Fsp3) is 0.263. The van der Waals surface area contributed by atoms with Crippen LogP contribution in [0.1, 0.15) is 33.9 Å². The summed E-state index contributed by atoms with van der Waals surface area (Å²) in [6.07, 6.45) is 0.0618. The Bertz CT molecular complexity index is 783. The van der Waals surface area contributed by atoms with Gasteiger partial charge < -0.3 is 10.0 Å². The quantitative estimate of drug-likeness (QED) is 0.944. The van der Waals surface area contributed by atoms with Gasteiger partial charge in [0.2, 0.25) is 0 Å². The summed E-state index contributed by atoms with van der Waals surface area (Å²) in [4.78, 5) is 14.5. The van der Waals surface area contributed by atoms with Crippen molar-refractivity contribution < 1.29 is 14.3 Å². The third-order valence-electron chi connectivity index (χ3n) is 4.25. The van der Waals surface area contributed by atoms with Crippen LogP contribution in [0.5, 0.6) is 0 Å². The number of aliphatic hydroxyl groups is 1. The summed E-state index contributed by atoms with van der Waals surface area (Å²) in [7, 11) is 0. The molecule has 0 spiro atoms. The van der Waals surface area contributed by atoms with Crippen LogP contribution in [0.15, 0.2) is 48.5 Å². The molecule has 2 atom stereocenters. The molecule has 1 aliphatic rings. The van der Waals surface area contributed by atoms with Crippen LogP contribution in [0.2, 0.25) is 0 Å². The largest absolute Gasteiger partial charge is 0.391 e. The third-order valence-corrected chi connectivity index (χ3v) is 4.25. The number of amides is 1. The number of halogens is 1. The number of β-amino-alcohol motifs (C(OH)–C–C–N with tert-alkyl or cyclic N) is 1. The van der Waals surface area contributed by atoms with Gasteiger partial charge in [-0.25, -0.2) is 4.39 Å². The number of benzene rings is 2. The van der Waals surface area contributed by atoms with Crippen LogP contribution in [0.3, 0.4) is 0 Å². The first-order valence-electron chi connectivity index (χ1n) is 7.79. The monoisotopic (exact) mass is 324 g/mol. The van der Waals surface area contributed by atoms with Crippen molar-refractivity contribution in [1.29, 1.82) is 5.26 Å². The molecule has 0 radical (unpaired) electrons. The van der Waals surface area contributed by atoms with Crippen molar-refractivity contribution in [3.63, 3.8) is 0 Å². The van der Waals surface area contributed by atoms with Gasteiger partial charge in [-0.3, -0.25) is 4.79 Å². The zero-order valence-corrected chi connectivity index (χ0v) is 13.0. The van der Waals surface area contributed by atoms with E-state index in [0.717, 1.165) is 11.1 Å². The Kier molecular flexibility index (Phi) is 4.59. The second kappa shape index (κ2) is 6.81. The Morgan fingerprint density at radius 2 is 2.04 bits per heavy atom.